The highest BCUT2D eigenvalue weighted by atomic mass is 19.1. The van der Waals surface area contributed by atoms with E-state index in [1.807, 2.05) is 0 Å². The Morgan fingerprint density at radius 3 is 2.11 bits per heavy atom. The Hall–Kier alpha value is -2.17. The molecule has 1 atom stereocenters. The Labute approximate surface area is 161 Å². The highest BCUT2D eigenvalue weighted by Crippen LogP contribution is 2.28. The third-order valence-corrected chi connectivity index (χ3v) is 4.37. The maximum atomic E-state index is 13.3. The minimum atomic E-state index is -1.95. The largest absolute Gasteiger partial charge is 0.412 e. The maximum Gasteiger partial charge on any atom is 0.243 e. The molecule has 12 heteroatoms. The van der Waals surface area contributed by atoms with Crippen molar-refractivity contribution in [2.45, 2.75) is 37.8 Å². The zero-order chi connectivity index (χ0) is 20.2. The molecule has 28 heavy (non-hydrogen) atoms. The molecular formula is C16H28F2N6O4. The summed E-state index contributed by atoms with van der Waals surface area (Å²) in [7, 11) is 0. The quantitative estimate of drug-likeness (QED) is 0.392. The van der Waals surface area contributed by atoms with Crippen molar-refractivity contribution in [3.05, 3.63) is 11.5 Å². The molecule has 0 aromatic carbocycles. The number of hydrogen-bond acceptors (Lipinski definition) is 8. The summed E-state index contributed by atoms with van der Waals surface area (Å²) < 4.78 is 36.0. The van der Waals surface area contributed by atoms with Crippen LogP contribution < -0.4 is 17.4 Å². The van der Waals surface area contributed by atoms with Crippen LogP contribution in [0.2, 0.25) is 0 Å². The predicted octanol–water partition coefficient (Wildman–Crippen LogP) is -0.137. The number of ketones is 1. The van der Waals surface area contributed by atoms with E-state index in [9.17, 15) is 13.6 Å². The van der Waals surface area contributed by atoms with E-state index in [0.29, 0.717) is 45.0 Å². The second-order valence-electron chi connectivity index (χ2n) is 6.00. The first kappa shape index (κ1) is 25.8. The number of alkyl halides is 1. The Morgan fingerprint density at radius 1 is 1.18 bits per heavy atom. The van der Waals surface area contributed by atoms with Gasteiger partial charge < -0.3 is 20.7 Å². The molecular weight excluding hydrogens is 378 g/mol. The fourth-order valence-electron chi connectivity index (χ4n) is 2.87. The summed E-state index contributed by atoms with van der Waals surface area (Å²) in [6.07, 6.45) is 0.798. The number of aromatic nitrogens is 2. The van der Waals surface area contributed by atoms with E-state index in [1.165, 1.54) is 6.07 Å². The number of hydrogen-bond donors (Lipinski definition) is 4. The monoisotopic (exact) mass is 406 g/mol. The van der Waals surface area contributed by atoms with Crippen LogP contribution in [-0.2, 0) is 14.3 Å². The molecule has 2 aliphatic rings. The molecule has 0 amide bonds. The van der Waals surface area contributed by atoms with Crippen molar-refractivity contribution in [1.29, 1.82) is 5.26 Å². The van der Waals surface area contributed by atoms with E-state index in [-0.39, 0.29) is 23.1 Å². The SMILES string of the molecule is N#CC(F)C(=O)C1CCOCC1.NN.Nc1n[nH]c(C2CCOCC2)c1F.O. The lowest BCUT2D eigenvalue weighted by atomic mass is 9.93. The number of hydrazine groups is 1. The zero-order valence-corrected chi connectivity index (χ0v) is 15.5. The number of H-pyrrole nitrogens is 1. The van der Waals surface area contributed by atoms with Crippen molar-refractivity contribution >= 4 is 11.6 Å². The van der Waals surface area contributed by atoms with Gasteiger partial charge in [-0.2, -0.15) is 10.4 Å². The number of halogens is 2. The minimum absolute atomic E-state index is 0. The zero-order valence-electron chi connectivity index (χ0n) is 15.5. The van der Waals surface area contributed by atoms with Gasteiger partial charge in [0.25, 0.3) is 0 Å². The lowest BCUT2D eigenvalue weighted by Crippen LogP contribution is -2.29. The molecule has 3 rings (SSSR count). The van der Waals surface area contributed by atoms with Gasteiger partial charge in [0.1, 0.15) is 6.07 Å². The number of nitriles is 1. The number of Topliss-reactive ketones (excluding diaryl/α,β-unsaturated/α-hetero) is 1. The average Bonchev–Trinajstić information content (AvgIpc) is 3.08. The summed E-state index contributed by atoms with van der Waals surface area (Å²) in [5.41, 5.74) is 5.83. The Kier molecular flexibility index (Phi) is 12.8. The normalized spacial score (nSPS) is 18.2. The van der Waals surface area contributed by atoms with Crippen molar-refractivity contribution in [3.8, 4) is 6.07 Å². The number of nitrogens with zero attached hydrogens (tertiary/aromatic N) is 2. The van der Waals surface area contributed by atoms with E-state index in [2.05, 4.69) is 21.9 Å². The minimum Gasteiger partial charge on any atom is -0.412 e. The first-order valence-electron chi connectivity index (χ1n) is 8.60. The number of ether oxygens (including phenoxy) is 2. The summed E-state index contributed by atoms with van der Waals surface area (Å²) in [4.78, 5) is 11.1. The molecule has 2 aliphatic heterocycles. The summed E-state index contributed by atoms with van der Waals surface area (Å²) in [5.74, 6) is 6.85. The molecule has 1 unspecified atom stereocenters. The molecule has 160 valence electrons. The molecule has 10 nitrogen and oxygen atoms in total. The highest BCUT2D eigenvalue weighted by molar-refractivity contribution is 5.87. The van der Waals surface area contributed by atoms with E-state index in [4.69, 9.17) is 20.5 Å². The molecule has 3 heterocycles. The van der Waals surface area contributed by atoms with Gasteiger partial charge in [-0.25, -0.2) is 8.78 Å². The van der Waals surface area contributed by atoms with Gasteiger partial charge in [0.2, 0.25) is 6.17 Å². The van der Waals surface area contributed by atoms with Crippen molar-refractivity contribution < 1.29 is 28.5 Å². The van der Waals surface area contributed by atoms with Gasteiger partial charge in [-0.1, -0.05) is 0 Å². The van der Waals surface area contributed by atoms with Gasteiger partial charge in [-0.3, -0.25) is 21.6 Å². The first-order valence-corrected chi connectivity index (χ1v) is 8.60. The second kappa shape index (κ2) is 13.9. The smallest absolute Gasteiger partial charge is 0.243 e. The van der Waals surface area contributed by atoms with Crippen LogP contribution in [0.5, 0.6) is 0 Å². The van der Waals surface area contributed by atoms with E-state index >= 15 is 0 Å². The summed E-state index contributed by atoms with van der Waals surface area (Å²) in [6.45, 7) is 2.36. The van der Waals surface area contributed by atoms with Crippen molar-refractivity contribution in [2.75, 3.05) is 32.2 Å². The van der Waals surface area contributed by atoms with Crippen LogP contribution in [0.15, 0.2) is 0 Å². The fourth-order valence-corrected chi connectivity index (χ4v) is 2.87. The summed E-state index contributed by atoms with van der Waals surface area (Å²) >= 11 is 0. The van der Waals surface area contributed by atoms with E-state index in [0.717, 1.165) is 12.8 Å². The molecule has 2 fully saturated rings. The molecule has 2 saturated heterocycles. The third-order valence-electron chi connectivity index (χ3n) is 4.37. The number of nitrogen functional groups attached to an aromatic ring is 1. The maximum absolute atomic E-state index is 13.3. The van der Waals surface area contributed by atoms with Crippen LogP contribution >= 0.6 is 0 Å². The van der Waals surface area contributed by atoms with Gasteiger partial charge in [0.05, 0.1) is 5.69 Å². The molecule has 0 radical (unpaired) electrons. The molecule has 0 saturated carbocycles. The Balaban J connectivity index is 0.000000465. The number of nitrogens with one attached hydrogen (secondary N) is 1. The number of aromatic amines is 1. The van der Waals surface area contributed by atoms with Crippen molar-refractivity contribution in [1.82, 2.24) is 10.2 Å². The lowest BCUT2D eigenvalue weighted by Gasteiger charge is -2.20. The Bertz CT molecular complexity index is 613. The van der Waals surface area contributed by atoms with Crippen LogP contribution in [0.1, 0.15) is 37.3 Å². The van der Waals surface area contributed by atoms with E-state index < -0.39 is 17.8 Å². The van der Waals surface area contributed by atoms with Gasteiger partial charge in [-0.05, 0) is 25.7 Å². The molecule has 0 spiro atoms. The first-order chi connectivity index (χ1) is 13.0. The summed E-state index contributed by atoms with van der Waals surface area (Å²) in [6, 6.07) is 1.30. The molecule has 9 N–H and O–H groups in total. The van der Waals surface area contributed by atoms with Gasteiger partial charge >= 0.3 is 0 Å². The fraction of sp³-hybridized carbons (Fsp3) is 0.688. The van der Waals surface area contributed by atoms with Crippen LogP contribution in [0.3, 0.4) is 0 Å². The molecule has 1 aromatic rings. The van der Waals surface area contributed by atoms with E-state index in [1.54, 1.807) is 0 Å². The van der Waals surface area contributed by atoms with Crippen LogP contribution in [0.25, 0.3) is 0 Å². The Morgan fingerprint density at radius 2 is 1.68 bits per heavy atom. The third kappa shape index (κ3) is 7.45. The van der Waals surface area contributed by atoms with Crippen LogP contribution in [0.4, 0.5) is 14.6 Å². The molecule has 0 aliphatic carbocycles. The second-order valence-corrected chi connectivity index (χ2v) is 6.00. The molecule has 1 aromatic heterocycles. The standard InChI is InChI=1S/C8H12FN3O.C8H10FNO2.H4N2.H2O/c9-6-7(11-12-8(6)10)5-1-3-13-4-2-5;9-7(5-10)8(11)6-1-3-12-4-2-6;1-2;/h5H,1-4H2,(H3,10,11,12);6-7H,1-4H2;1-2H2;1H2. The average molecular weight is 406 g/mol. The lowest BCUT2D eigenvalue weighted by molar-refractivity contribution is -0.128. The molecule has 0 bridgehead atoms. The summed E-state index contributed by atoms with van der Waals surface area (Å²) in [5, 5.41) is 14.4. The van der Waals surface area contributed by atoms with Gasteiger partial charge in [0.15, 0.2) is 17.4 Å². The van der Waals surface area contributed by atoms with Crippen molar-refractivity contribution in [2.24, 2.45) is 17.6 Å². The topological polar surface area (TPSA) is 198 Å². The number of nitrogens with two attached hydrogens (primary N) is 3. The number of carbonyl (C=O) groups is 1. The van der Waals surface area contributed by atoms with Gasteiger partial charge in [0, 0.05) is 38.3 Å². The van der Waals surface area contributed by atoms with Crippen LogP contribution in [0, 0.1) is 23.1 Å². The number of anilines is 1. The van der Waals surface area contributed by atoms with Gasteiger partial charge in [-0.15, -0.1) is 0 Å². The van der Waals surface area contributed by atoms with Crippen molar-refractivity contribution in [3.63, 3.8) is 0 Å². The number of carbonyl (C=O) groups excluding carboxylic acids is 1. The predicted molar refractivity (Wildman–Crippen MR) is 96.8 cm³/mol. The number of rotatable bonds is 3. The highest BCUT2D eigenvalue weighted by Gasteiger charge is 2.28. The van der Waals surface area contributed by atoms with Crippen LogP contribution in [-0.4, -0.2) is 54.1 Å².